The van der Waals surface area contributed by atoms with Crippen LogP contribution in [0.2, 0.25) is 0 Å². The Hall–Kier alpha value is -2.61. The Balaban J connectivity index is 2.31. The molecule has 0 aliphatic rings. The first-order valence-corrected chi connectivity index (χ1v) is 6.42. The van der Waals surface area contributed by atoms with Crippen LogP contribution in [0.25, 0.3) is 0 Å². The summed E-state index contributed by atoms with van der Waals surface area (Å²) in [4.78, 5) is 14.0. The first-order valence-electron chi connectivity index (χ1n) is 6.42. The zero-order valence-electron chi connectivity index (χ0n) is 11.6. The second-order valence-electron chi connectivity index (χ2n) is 4.49. The summed E-state index contributed by atoms with van der Waals surface area (Å²) in [6, 6.07) is 10.9. The number of hydrogen-bond acceptors (Lipinski definition) is 4. The molecule has 0 unspecified atom stereocenters. The highest BCUT2D eigenvalue weighted by atomic mass is 16.1. The second kappa shape index (κ2) is 6.02. The van der Waals surface area contributed by atoms with Crippen molar-refractivity contribution in [2.75, 3.05) is 18.5 Å². The number of nitrogens with zero attached hydrogens (tertiary/aromatic N) is 4. The Morgan fingerprint density at radius 2 is 2.15 bits per heavy atom. The number of benzene rings is 1. The van der Waals surface area contributed by atoms with Gasteiger partial charge in [0.1, 0.15) is 0 Å². The van der Waals surface area contributed by atoms with Crippen molar-refractivity contribution in [1.29, 1.82) is 5.26 Å². The number of hydrogen-bond donors (Lipinski definition) is 0. The van der Waals surface area contributed by atoms with Gasteiger partial charge in [0.2, 0.25) is 0 Å². The molecule has 0 bridgehead atoms. The molecule has 0 saturated carbocycles. The Kier molecular flexibility index (Phi) is 4.16. The van der Waals surface area contributed by atoms with E-state index in [0.29, 0.717) is 12.1 Å². The quantitative estimate of drug-likeness (QED) is 0.845. The van der Waals surface area contributed by atoms with Crippen LogP contribution in [0.4, 0.5) is 5.69 Å². The smallest absolute Gasteiger partial charge is 0.269 e. The lowest BCUT2D eigenvalue weighted by Gasteiger charge is -2.16. The van der Waals surface area contributed by atoms with E-state index in [2.05, 4.69) is 11.2 Å². The molecular weight excluding hydrogens is 252 g/mol. The van der Waals surface area contributed by atoms with Gasteiger partial charge in [0.25, 0.3) is 5.56 Å². The van der Waals surface area contributed by atoms with Crippen molar-refractivity contribution in [3.63, 3.8) is 0 Å². The van der Waals surface area contributed by atoms with E-state index in [1.165, 1.54) is 4.68 Å². The van der Waals surface area contributed by atoms with E-state index < -0.39 is 0 Å². The lowest BCUT2D eigenvalue weighted by atomic mass is 10.1. The molecule has 1 aromatic carbocycles. The number of aromatic nitrogens is 2. The molecule has 5 nitrogen and oxygen atoms in total. The van der Waals surface area contributed by atoms with Gasteiger partial charge in [0.15, 0.2) is 0 Å². The molecule has 0 fully saturated rings. The molecule has 0 N–H and O–H groups in total. The molecule has 2 rings (SSSR count). The van der Waals surface area contributed by atoms with Gasteiger partial charge in [-0.3, -0.25) is 4.79 Å². The van der Waals surface area contributed by atoms with Crippen molar-refractivity contribution in [2.45, 2.75) is 13.5 Å². The topological polar surface area (TPSA) is 61.9 Å². The van der Waals surface area contributed by atoms with Crippen LogP contribution in [0, 0.1) is 11.3 Å². The summed E-state index contributed by atoms with van der Waals surface area (Å²) in [5.41, 5.74) is 1.98. The third-order valence-electron chi connectivity index (χ3n) is 3.23. The van der Waals surface area contributed by atoms with Crippen LogP contribution < -0.4 is 10.5 Å². The Morgan fingerprint density at radius 1 is 1.40 bits per heavy atom. The Morgan fingerprint density at radius 3 is 2.80 bits per heavy atom. The molecule has 20 heavy (non-hydrogen) atoms. The molecule has 1 aromatic heterocycles. The van der Waals surface area contributed by atoms with Crippen molar-refractivity contribution in [3.8, 4) is 6.07 Å². The SMILES string of the molecule is CCN(C)c1cnn(Cc2ccccc2C#N)c(=O)c1. The zero-order chi connectivity index (χ0) is 14.5. The van der Waals surface area contributed by atoms with E-state index in [4.69, 9.17) is 5.26 Å². The minimum absolute atomic E-state index is 0.171. The van der Waals surface area contributed by atoms with Crippen molar-refractivity contribution >= 4 is 5.69 Å². The fourth-order valence-corrected chi connectivity index (χ4v) is 1.86. The Bertz CT molecular complexity index is 700. The summed E-state index contributed by atoms with van der Waals surface area (Å²) < 4.78 is 1.36. The van der Waals surface area contributed by atoms with Crippen LogP contribution in [0.5, 0.6) is 0 Å². The Labute approximate surface area is 117 Å². The standard InChI is InChI=1S/C15H16N4O/c1-3-18(2)14-8-15(20)19(17-10-14)11-13-7-5-4-6-12(13)9-16/h4-8,10H,3,11H2,1-2H3. The van der Waals surface area contributed by atoms with Gasteiger partial charge >= 0.3 is 0 Å². The van der Waals surface area contributed by atoms with Crippen LogP contribution in [0.3, 0.4) is 0 Å². The predicted molar refractivity (Wildman–Crippen MR) is 77.7 cm³/mol. The molecule has 102 valence electrons. The molecule has 0 atom stereocenters. The molecule has 5 heteroatoms. The fraction of sp³-hybridized carbons (Fsp3) is 0.267. The molecule has 0 aliphatic carbocycles. The normalized spacial score (nSPS) is 10.1. The number of nitriles is 1. The van der Waals surface area contributed by atoms with E-state index in [1.807, 2.05) is 31.0 Å². The molecule has 0 amide bonds. The summed E-state index contributed by atoms with van der Waals surface area (Å²) in [5.74, 6) is 0. The predicted octanol–water partition coefficient (Wildman–Crippen LogP) is 1.62. The summed E-state index contributed by atoms with van der Waals surface area (Å²) in [5, 5.41) is 13.2. The summed E-state index contributed by atoms with van der Waals surface area (Å²) in [6.45, 7) is 3.12. The highest BCUT2D eigenvalue weighted by Gasteiger charge is 2.06. The van der Waals surface area contributed by atoms with E-state index in [0.717, 1.165) is 17.8 Å². The third kappa shape index (κ3) is 2.86. The van der Waals surface area contributed by atoms with Gasteiger partial charge in [-0.05, 0) is 18.6 Å². The van der Waals surface area contributed by atoms with Gasteiger partial charge in [-0.15, -0.1) is 0 Å². The molecule has 0 radical (unpaired) electrons. The van der Waals surface area contributed by atoms with Crippen LogP contribution in [-0.2, 0) is 6.54 Å². The van der Waals surface area contributed by atoms with Gasteiger partial charge in [-0.2, -0.15) is 10.4 Å². The molecular formula is C15H16N4O. The maximum atomic E-state index is 12.1. The fourth-order valence-electron chi connectivity index (χ4n) is 1.86. The lowest BCUT2D eigenvalue weighted by Crippen LogP contribution is -2.26. The van der Waals surface area contributed by atoms with Gasteiger partial charge < -0.3 is 4.90 Å². The average Bonchev–Trinajstić information content (AvgIpc) is 2.49. The second-order valence-corrected chi connectivity index (χ2v) is 4.49. The molecule has 0 spiro atoms. The molecule has 0 saturated heterocycles. The highest BCUT2D eigenvalue weighted by molar-refractivity contribution is 5.42. The highest BCUT2D eigenvalue weighted by Crippen LogP contribution is 2.09. The van der Waals surface area contributed by atoms with Crippen molar-refractivity contribution in [3.05, 3.63) is 58.0 Å². The van der Waals surface area contributed by atoms with E-state index in [9.17, 15) is 4.79 Å². The van der Waals surface area contributed by atoms with Gasteiger partial charge in [-0.1, -0.05) is 18.2 Å². The van der Waals surface area contributed by atoms with E-state index in [1.54, 1.807) is 24.4 Å². The van der Waals surface area contributed by atoms with Crippen molar-refractivity contribution in [1.82, 2.24) is 9.78 Å². The van der Waals surface area contributed by atoms with Gasteiger partial charge in [0, 0.05) is 19.7 Å². The van der Waals surface area contributed by atoms with Gasteiger partial charge in [-0.25, -0.2) is 4.68 Å². The summed E-state index contributed by atoms with van der Waals surface area (Å²) >= 11 is 0. The molecule has 2 aromatic rings. The van der Waals surface area contributed by atoms with Crippen LogP contribution >= 0.6 is 0 Å². The first kappa shape index (κ1) is 13.8. The average molecular weight is 268 g/mol. The number of anilines is 1. The third-order valence-corrected chi connectivity index (χ3v) is 3.23. The number of rotatable bonds is 4. The van der Waals surface area contributed by atoms with Gasteiger partial charge in [0.05, 0.1) is 30.1 Å². The summed E-state index contributed by atoms with van der Waals surface area (Å²) in [7, 11) is 1.91. The van der Waals surface area contributed by atoms with Crippen LogP contribution in [-0.4, -0.2) is 23.4 Å². The first-order chi connectivity index (χ1) is 9.65. The largest absolute Gasteiger partial charge is 0.373 e. The maximum Gasteiger partial charge on any atom is 0.269 e. The molecule has 1 heterocycles. The van der Waals surface area contributed by atoms with E-state index in [-0.39, 0.29) is 5.56 Å². The van der Waals surface area contributed by atoms with Crippen LogP contribution in [0.15, 0.2) is 41.3 Å². The monoisotopic (exact) mass is 268 g/mol. The zero-order valence-corrected chi connectivity index (χ0v) is 11.6. The maximum absolute atomic E-state index is 12.1. The lowest BCUT2D eigenvalue weighted by molar-refractivity contribution is 0.636. The van der Waals surface area contributed by atoms with E-state index >= 15 is 0 Å². The van der Waals surface area contributed by atoms with Crippen molar-refractivity contribution < 1.29 is 0 Å². The van der Waals surface area contributed by atoms with Crippen molar-refractivity contribution in [2.24, 2.45) is 0 Å². The summed E-state index contributed by atoms with van der Waals surface area (Å²) in [6.07, 6.45) is 1.67. The minimum Gasteiger partial charge on any atom is -0.373 e. The molecule has 0 aliphatic heterocycles. The van der Waals surface area contributed by atoms with Crippen LogP contribution in [0.1, 0.15) is 18.1 Å². The minimum atomic E-state index is -0.171.